The third-order valence-corrected chi connectivity index (χ3v) is 3.62. The van der Waals surface area contributed by atoms with Crippen LogP contribution in [0.2, 0.25) is 5.15 Å². The number of imide groups is 1. The van der Waals surface area contributed by atoms with Gasteiger partial charge in [0.15, 0.2) is 0 Å². The van der Waals surface area contributed by atoms with Gasteiger partial charge in [-0.05, 0) is 12.1 Å². The molecule has 2 amide bonds. The van der Waals surface area contributed by atoms with Crippen LogP contribution < -0.4 is 5.43 Å². The molecule has 2 heterocycles. The summed E-state index contributed by atoms with van der Waals surface area (Å²) in [6, 6.07) is 1.64. The molecule has 10 heteroatoms. The number of carbonyl (C=O) groups excluding carboxylic acids is 2. The molecule has 0 aromatic carbocycles. The van der Waals surface area contributed by atoms with Crippen molar-refractivity contribution in [2.24, 2.45) is 11.8 Å². The van der Waals surface area contributed by atoms with E-state index in [-0.39, 0.29) is 5.82 Å². The fourth-order valence-electron chi connectivity index (χ4n) is 2.03. The number of aliphatic hydroxyl groups excluding tert-OH is 1. The lowest BCUT2D eigenvalue weighted by Crippen LogP contribution is -2.37. The third-order valence-electron chi connectivity index (χ3n) is 3.33. The number of amides is 2. The van der Waals surface area contributed by atoms with Crippen molar-refractivity contribution in [1.82, 2.24) is 9.99 Å². The highest BCUT2D eigenvalue weighted by Crippen LogP contribution is 2.34. The molecule has 2 N–H and O–H groups in total. The van der Waals surface area contributed by atoms with Crippen LogP contribution >= 0.6 is 11.6 Å². The van der Waals surface area contributed by atoms with E-state index in [1.807, 2.05) is 0 Å². The smallest absolute Gasteiger partial charge is 0.396 e. The highest BCUT2D eigenvalue weighted by atomic mass is 35.5. The Morgan fingerprint density at radius 1 is 1.36 bits per heavy atom. The number of aliphatic hydroxyl groups is 1. The summed E-state index contributed by atoms with van der Waals surface area (Å²) < 4.78 is 37.7. The van der Waals surface area contributed by atoms with Gasteiger partial charge in [-0.15, -0.1) is 0 Å². The molecule has 0 saturated carbocycles. The molecule has 1 aromatic rings. The monoisotopic (exact) mass is 337 g/mol. The molecule has 0 radical (unpaired) electrons. The molecule has 1 saturated heterocycles. The van der Waals surface area contributed by atoms with Crippen LogP contribution in [0.4, 0.5) is 19.0 Å². The number of hydrogen-bond acceptors (Lipinski definition) is 5. The Kier molecular flexibility index (Phi) is 4.30. The first-order valence-corrected chi connectivity index (χ1v) is 6.53. The van der Waals surface area contributed by atoms with E-state index >= 15 is 0 Å². The van der Waals surface area contributed by atoms with Gasteiger partial charge in [-0.25, -0.2) is 4.98 Å². The van der Waals surface area contributed by atoms with E-state index in [4.69, 9.17) is 16.7 Å². The van der Waals surface area contributed by atoms with Crippen LogP contribution in [-0.2, 0) is 15.8 Å². The summed E-state index contributed by atoms with van der Waals surface area (Å²) in [7, 11) is 0. The molecule has 2 atom stereocenters. The van der Waals surface area contributed by atoms with Crippen molar-refractivity contribution in [1.29, 1.82) is 0 Å². The molecule has 120 valence electrons. The summed E-state index contributed by atoms with van der Waals surface area (Å²) in [5.41, 5.74) is 1.19. The van der Waals surface area contributed by atoms with Gasteiger partial charge < -0.3 is 5.11 Å². The second-order valence-corrected chi connectivity index (χ2v) is 5.09. The fraction of sp³-hybridized carbons (Fsp3) is 0.417. The highest BCUT2D eigenvalue weighted by Gasteiger charge is 2.45. The van der Waals surface area contributed by atoms with Crippen molar-refractivity contribution in [3.63, 3.8) is 0 Å². The minimum absolute atomic E-state index is 0.189. The van der Waals surface area contributed by atoms with Crippen molar-refractivity contribution in [3.05, 3.63) is 22.8 Å². The second kappa shape index (κ2) is 5.73. The Labute approximate surface area is 127 Å². The maximum atomic E-state index is 12.6. The van der Waals surface area contributed by atoms with Gasteiger partial charge in [-0.2, -0.15) is 18.2 Å². The number of hydrazine groups is 1. The average molecular weight is 338 g/mol. The number of nitrogens with one attached hydrogen (secondary N) is 1. The maximum Gasteiger partial charge on any atom is 0.419 e. The molecule has 2 unspecified atom stereocenters. The Morgan fingerprint density at radius 2 is 2.00 bits per heavy atom. The van der Waals surface area contributed by atoms with E-state index in [2.05, 4.69) is 10.4 Å². The van der Waals surface area contributed by atoms with E-state index in [0.717, 1.165) is 6.07 Å². The summed E-state index contributed by atoms with van der Waals surface area (Å²) in [6.45, 7) is 0.959. The van der Waals surface area contributed by atoms with E-state index in [1.54, 1.807) is 0 Å². The maximum absolute atomic E-state index is 12.6. The zero-order valence-electron chi connectivity index (χ0n) is 11.2. The number of aromatic nitrogens is 1. The second-order valence-electron chi connectivity index (χ2n) is 4.73. The van der Waals surface area contributed by atoms with Gasteiger partial charge in [0.25, 0.3) is 11.8 Å². The van der Waals surface area contributed by atoms with E-state index < -0.39 is 47.1 Å². The van der Waals surface area contributed by atoms with E-state index in [1.165, 1.54) is 6.92 Å². The lowest BCUT2D eigenvalue weighted by atomic mass is 9.98. The first-order chi connectivity index (χ1) is 10.2. The Bertz CT molecular complexity index is 623. The predicted molar refractivity (Wildman–Crippen MR) is 69.5 cm³/mol. The molecular formula is C12H11ClF3N3O3. The molecule has 1 aromatic heterocycles. The molecule has 1 aliphatic heterocycles. The number of carbonyl (C=O) groups is 2. The van der Waals surface area contributed by atoms with Crippen LogP contribution in [-0.4, -0.2) is 33.5 Å². The largest absolute Gasteiger partial charge is 0.419 e. The molecule has 22 heavy (non-hydrogen) atoms. The zero-order valence-corrected chi connectivity index (χ0v) is 11.9. The summed E-state index contributed by atoms with van der Waals surface area (Å²) >= 11 is 5.46. The summed E-state index contributed by atoms with van der Waals surface area (Å²) in [5, 5.41) is 8.91. The highest BCUT2D eigenvalue weighted by molar-refractivity contribution is 6.30. The zero-order chi connectivity index (χ0) is 16.7. The number of halogens is 4. The van der Waals surface area contributed by atoms with Crippen LogP contribution in [0, 0.1) is 11.8 Å². The van der Waals surface area contributed by atoms with Gasteiger partial charge in [0, 0.05) is 0 Å². The Morgan fingerprint density at radius 3 is 2.45 bits per heavy atom. The summed E-state index contributed by atoms with van der Waals surface area (Å²) in [5.74, 6) is -3.12. The minimum atomic E-state index is -4.65. The molecular weight excluding hydrogens is 327 g/mol. The molecule has 1 fully saturated rings. The molecule has 6 nitrogen and oxygen atoms in total. The summed E-state index contributed by atoms with van der Waals surface area (Å²) in [4.78, 5) is 27.3. The number of pyridine rings is 1. The Hall–Kier alpha value is -1.87. The number of anilines is 1. The fourth-order valence-corrected chi connectivity index (χ4v) is 2.29. The van der Waals surface area contributed by atoms with Crippen LogP contribution in [0.3, 0.4) is 0 Å². The van der Waals surface area contributed by atoms with Crippen molar-refractivity contribution < 1.29 is 27.9 Å². The van der Waals surface area contributed by atoms with Crippen LogP contribution in [0.15, 0.2) is 12.1 Å². The first kappa shape index (κ1) is 16.5. The normalized spacial score (nSPS) is 22.4. The van der Waals surface area contributed by atoms with E-state index in [0.29, 0.717) is 11.1 Å². The van der Waals surface area contributed by atoms with Crippen LogP contribution in [0.5, 0.6) is 0 Å². The topological polar surface area (TPSA) is 82.5 Å². The number of nitrogens with zero attached hydrogens (tertiary/aromatic N) is 2. The quantitative estimate of drug-likeness (QED) is 0.648. The lowest BCUT2D eigenvalue weighted by molar-refractivity contribution is -0.139. The molecule has 2 rings (SSSR count). The van der Waals surface area contributed by atoms with E-state index in [9.17, 15) is 22.8 Å². The first-order valence-electron chi connectivity index (χ1n) is 6.16. The molecule has 0 bridgehead atoms. The van der Waals surface area contributed by atoms with Crippen LogP contribution in [0.1, 0.15) is 12.5 Å². The standard InChI is InChI=1S/C12H11ClF3N3O3/c1-5-6(4-20)11(22)19(10(5)21)18-8-3-2-7(9(13)17-8)12(14,15)16/h2-3,5-6,20H,4H2,1H3,(H,17,18). The van der Waals surface area contributed by atoms with Crippen LogP contribution in [0.25, 0.3) is 0 Å². The average Bonchev–Trinajstić information content (AvgIpc) is 2.61. The van der Waals surface area contributed by atoms with Gasteiger partial charge in [0.2, 0.25) is 0 Å². The van der Waals surface area contributed by atoms with Crippen molar-refractivity contribution in [2.75, 3.05) is 12.0 Å². The predicted octanol–water partition coefficient (Wildman–Crippen LogP) is 1.69. The van der Waals surface area contributed by atoms with Gasteiger partial charge in [0.1, 0.15) is 11.0 Å². The molecule has 1 aliphatic rings. The lowest BCUT2D eigenvalue weighted by Gasteiger charge is -2.17. The number of hydrogen-bond donors (Lipinski definition) is 2. The van der Waals surface area contributed by atoms with Gasteiger partial charge in [0.05, 0.1) is 24.0 Å². The molecule has 0 spiro atoms. The Balaban J connectivity index is 2.23. The SMILES string of the molecule is CC1C(=O)N(Nc2ccc(C(F)(F)F)c(Cl)n2)C(=O)C1CO. The van der Waals surface area contributed by atoms with Gasteiger partial charge >= 0.3 is 6.18 Å². The number of alkyl halides is 3. The van der Waals surface area contributed by atoms with Crippen molar-refractivity contribution >= 4 is 29.2 Å². The minimum Gasteiger partial charge on any atom is -0.396 e. The molecule has 0 aliphatic carbocycles. The van der Waals surface area contributed by atoms with Gasteiger partial charge in [-0.1, -0.05) is 18.5 Å². The van der Waals surface area contributed by atoms with Crippen molar-refractivity contribution in [2.45, 2.75) is 13.1 Å². The van der Waals surface area contributed by atoms with Gasteiger partial charge in [-0.3, -0.25) is 15.0 Å². The van der Waals surface area contributed by atoms with Crippen molar-refractivity contribution in [3.8, 4) is 0 Å². The number of rotatable bonds is 3. The summed E-state index contributed by atoms with van der Waals surface area (Å²) in [6.07, 6.45) is -4.65. The third kappa shape index (κ3) is 2.86.